The molecule has 0 atom stereocenters. The van der Waals surface area contributed by atoms with E-state index in [1.54, 1.807) is 0 Å². The molecule has 0 N–H and O–H groups in total. The molecule has 2 aliphatic carbocycles. The van der Waals surface area contributed by atoms with Gasteiger partial charge in [-0.05, 0) is 206 Å². The van der Waals surface area contributed by atoms with Crippen LogP contribution in [0.3, 0.4) is 0 Å². The van der Waals surface area contributed by atoms with Crippen LogP contribution in [0.2, 0.25) is 0 Å². The molecule has 0 fully saturated rings. The van der Waals surface area contributed by atoms with E-state index in [4.69, 9.17) is 8.83 Å². The molecule has 0 saturated carbocycles. The van der Waals surface area contributed by atoms with Crippen molar-refractivity contribution in [3.8, 4) is 67.0 Å². The number of aromatic nitrogens is 2. The summed E-state index contributed by atoms with van der Waals surface area (Å²) < 4.78 is 17.6. The molecule has 2 aliphatic rings. The second-order valence-corrected chi connectivity index (χ2v) is 31.5. The maximum atomic E-state index is 6.45. The quantitative estimate of drug-likeness (QED) is 0.129. The first-order chi connectivity index (χ1) is 56.1. The Labute approximate surface area is 661 Å². The number of hydrogen-bond donors (Lipinski definition) is 0. The van der Waals surface area contributed by atoms with Crippen LogP contribution in [0.5, 0.6) is 0 Å². The fraction of sp³-hybridized carbons (Fsp3) is 0.0556. The predicted molar refractivity (Wildman–Crippen MR) is 477 cm³/mol. The average molecular weight is 1460 g/mol. The fourth-order valence-electron chi connectivity index (χ4n) is 18.9. The summed E-state index contributed by atoms with van der Waals surface area (Å²) in [6, 6.07) is 141. The van der Waals surface area contributed by atoms with Crippen molar-refractivity contribution in [1.29, 1.82) is 0 Å². The number of fused-ring (bicyclic) bond motifs is 18. The van der Waals surface area contributed by atoms with Gasteiger partial charge in [0.05, 0.1) is 22.1 Å². The molecule has 0 saturated heterocycles. The first-order valence-corrected chi connectivity index (χ1v) is 39.4. The highest BCUT2D eigenvalue weighted by atomic mass is 16.3. The SMILES string of the molecule is CC1(C)c2ccccc2-c2ccc(N(c3ccc(-c4ccc5c(c4)c4ccccc4n5-c4ccccc4)cc3)c3ccc(-c4cccc5c4oc4ccccc45)cc3)cc21.CC1(C)c2ccccc2-c2ccc(N(c3ccc(-c4cccc5c4oc4ccccc45)cc3)c3ccc4c(c3)c3ccccc3n4-c3ccccc3)cc21. The third-order valence-electron chi connectivity index (χ3n) is 24.4. The van der Waals surface area contributed by atoms with Crippen molar-refractivity contribution >= 4 is 122 Å². The van der Waals surface area contributed by atoms with E-state index in [2.05, 4.69) is 411 Å². The third-order valence-corrected chi connectivity index (χ3v) is 24.4. The van der Waals surface area contributed by atoms with Crippen LogP contribution in [0, 0.1) is 0 Å². The average Bonchev–Trinajstić information content (AvgIpc) is 1.57. The van der Waals surface area contributed by atoms with Crippen LogP contribution in [0.15, 0.2) is 397 Å². The highest BCUT2D eigenvalue weighted by molar-refractivity contribution is 6.14. The minimum Gasteiger partial charge on any atom is -0.455 e. The van der Waals surface area contributed by atoms with Gasteiger partial charge in [-0.3, -0.25) is 0 Å². The molecule has 4 aromatic heterocycles. The molecule has 6 nitrogen and oxygen atoms in total. The maximum absolute atomic E-state index is 6.45. The van der Waals surface area contributed by atoms with Crippen LogP contribution in [0.1, 0.15) is 49.9 Å². The molecule has 6 heteroatoms. The molecular formula is C108H76N4O2. The molecule has 0 radical (unpaired) electrons. The van der Waals surface area contributed by atoms with Gasteiger partial charge in [-0.25, -0.2) is 0 Å². The Bertz CT molecular complexity index is 7400. The molecule has 21 aromatic rings. The van der Waals surface area contributed by atoms with Gasteiger partial charge >= 0.3 is 0 Å². The number of rotatable bonds is 11. The van der Waals surface area contributed by atoms with E-state index >= 15 is 0 Å². The van der Waals surface area contributed by atoms with E-state index in [1.165, 1.54) is 105 Å². The summed E-state index contributed by atoms with van der Waals surface area (Å²) in [4.78, 5) is 4.81. The summed E-state index contributed by atoms with van der Waals surface area (Å²) >= 11 is 0. The van der Waals surface area contributed by atoms with E-state index in [0.717, 1.165) is 106 Å². The molecule has 0 spiro atoms. The standard InChI is InChI=1S/C57H40N2O.C51H36N2O/c1-57(2)51-20-9-6-15-45(51)46-33-32-43(36-52(46)57)58(42-30-25-38(26-31-42)44-18-12-19-49-48-17-8-11-22-55(48)60-56(44)49)41-28-23-37(24-29-41)39-27-34-54-50(35-39)47-16-7-10-21-53(47)59(54)40-13-4-3-5-14-40;1-51(2)45-20-9-6-15-39(45)40-29-27-37(32-46(40)51)52(35-25-23-33(24-26-35)38-18-12-19-43-42-17-8-11-22-49(42)54-50(38)43)36-28-30-48-44(31-36)41-16-7-10-21-47(41)53(48)34-13-4-3-5-14-34/h3-36H,1-2H3;3-32H,1-2H3. The Balaban J connectivity index is 0.000000140. The van der Waals surface area contributed by atoms with E-state index in [9.17, 15) is 0 Å². The second kappa shape index (κ2) is 26.1. The highest BCUT2D eigenvalue weighted by Crippen LogP contribution is 2.54. The van der Waals surface area contributed by atoms with E-state index < -0.39 is 0 Å². The Morgan fingerprint density at radius 3 is 1.02 bits per heavy atom. The molecule has 0 amide bonds. The normalized spacial score (nSPS) is 13.1. The van der Waals surface area contributed by atoms with Gasteiger partial charge < -0.3 is 27.8 Å². The molecule has 0 unspecified atom stereocenters. The van der Waals surface area contributed by atoms with Crippen molar-refractivity contribution in [3.63, 3.8) is 0 Å². The summed E-state index contributed by atoms with van der Waals surface area (Å²) in [5, 5.41) is 9.51. The molecule has 23 rings (SSSR count). The van der Waals surface area contributed by atoms with Gasteiger partial charge in [-0.1, -0.05) is 276 Å². The molecular weight excluding hydrogens is 1390 g/mol. The molecule has 0 aliphatic heterocycles. The zero-order chi connectivity index (χ0) is 75.9. The number of benzene rings is 17. The molecule has 0 bridgehead atoms. The van der Waals surface area contributed by atoms with Gasteiger partial charge in [-0.2, -0.15) is 0 Å². The van der Waals surface area contributed by atoms with Crippen LogP contribution in [-0.2, 0) is 10.8 Å². The Hall–Kier alpha value is -14.5. The van der Waals surface area contributed by atoms with Crippen LogP contribution >= 0.6 is 0 Å². The summed E-state index contributed by atoms with van der Waals surface area (Å²) in [6.07, 6.45) is 0. The number of nitrogens with zero attached hydrogens (tertiary/aromatic N) is 4. The van der Waals surface area contributed by atoms with Crippen molar-refractivity contribution in [2.45, 2.75) is 38.5 Å². The summed E-state index contributed by atoms with van der Waals surface area (Å²) in [7, 11) is 0. The first kappa shape index (κ1) is 66.5. The van der Waals surface area contributed by atoms with Crippen molar-refractivity contribution in [2.24, 2.45) is 0 Å². The Morgan fingerprint density at radius 1 is 0.211 bits per heavy atom. The number of anilines is 6. The zero-order valence-corrected chi connectivity index (χ0v) is 63.6. The van der Waals surface area contributed by atoms with Crippen molar-refractivity contribution in [2.75, 3.05) is 9.80 Å². The van der Waals surface area contributed by atoms with E-state index in [0.29, 0.717) is 0 Å². The van der Waals surface area contributed by atoms with Crippen molar-refractivity contribution in [3.05, 3.63) is 411 Å². The smallest absolute Gasteiger partial charge is 0.143 e. The maximum Gasteiger partial charge on any atom is 0.143 e. The minimum absolute atomic E-state index is 0.115. The minimum atomic E-state index is -0.116. The molecule has 4 heterocycles. The molecule has 114 heavy (non-hydrogen) atoms. The predicted octanol–water partition coefficient (Wildman–Crippen LogP) is 29.9. The van der Waals surface area contributed by atoms with E-state index in [1.807, 2.05) is 24.3 Å². The lowest BCUT2D eigenvalue weighted by atomic mass is 9.82. The van der Waals surface area contributed by atoms with Gasteiger partial charge in [0, 0.05) is 111 Å². The van der Waals surface area contributed by atoms with Crippen LogP contribution in [-0.4, -0.2) is 9.13 Å². The highest BCUT2D eigenvalue weighted by Gasteiger charge is 2.38. The van der Waals surface area contributed by atoms with Crippen LogP contribution < -0.4 is 9.80 Å². The summed E-state index contributed by atoms with van der Waals surface area (Å²) in [5.74, 6) is 0. The van der Waals surface area contributed by atoms with Crippen molar-refractivity contribution < 1.29 is 8.83 Å². The Morgan fingerprint density at radius 2 is 0.535 bits per heavy atom. The molecule has 17 aromatic carbocycles. The van der Waals surface area contributed by atoms with Gasteiger partial charge in [0.25, 0.3) is 0 Å². The van der Waals surface area contributed by atoms with Gasteiger partial charge in [0.2, 0.25) is 0 Å². The molecule has 540 valence electrons. The lowest BCUT2D eigenvalue weighted by Crippen LogP contribution is -2.16. The number of furan rings is 2. The van der Waals surface area contributed by atoms with Crippen molar-refractivity contribution in [1.82, 2.24) is 9.13 Å². The summed E-state index contributed by atoms with van der Waals surface area (Å²) in [5.41, 5.74) is 34.7. The zero-order valence-electron chi connectivity index (χ0n) is 63.6. The Kier molecular flexibility index (Phi) is 15.2. The monoisotopic (exact) mass is 1460 g/mol. The fourth-order valence-corrected chi connectivity index (χ4v) is 18.9. The van der Waals surface area contributed by atoms with Crippen LogP contribution in [0.25, 0.3) is 154 Å². The van der Waals surface area contributed by atoms with Gasteiger partial charge in [-0.15, -0.1) is 0 Å². The first-order valence-electron chi connectivity index (χ1n) is 39.4. The summed E-state index contributed by atoms with van der Waals surface area (Å²) in [6.45, 7) is 9.40. The topological polar surface area (TPSA) is 42.6 Å². The number of hydrogen-bond acceptors (Lipinski definition) is 4. The third kappa shape index (κ3) is 10.6. The van der Waals surface area contributed by atoms with Crippen LogP contribution in [0.4, 0.5) is 34.1 Å². The largest absolute Gasteiger partial charge is 0.455 e. The second-order valence-electron chi connectivity index (χ2n) is 31.5. The lowest BCUT2D eigenvalue weighted by Gasteiger charge is -2.28. The lowest BCUT2D eigenvalue weighted by molar-refractivity contribution is 0.660. The number of para-hydroxylation sites is 8. The van der Waals surface area contributed by atoms with E-state index in [-0.39, 0.29) is 10.8 Å². The van der Waals surface area contributed by atoms with Gasteiger partial charge in [0.15, 0.2) is 0 Å². The van der Waals surface area contributed by atoms with Gasteiger partial charge in [0.1, 0.15) is 22.3 Å².